The zero-order valence-electron chi connectivity index (χ0n) is 12.9. The zero-order chi connectivity index (χ0) is 14.7. The van der Waals surface area contributed by atoms with Gasteiger partial charge in [-0.05, 0) is 68.5 Å². The number of piperidine rings is 1. The van der Waals surface area contributed by atoms with Gasteiger partial charge in [0, 0.05) is 12.8 Å². The van der Waals surface area contributed by atoms with Crippen molar-refractivity contribution in [3.05, 3.63) is 23.3 Å². The fourth-order valence-corrected chi connectivity index (χ4v) is 5.08. The molecule has 0 radical (unpaired) electrons. The van der Waals surface area contributed by atoms with Crippen LogP contribution in [0.5, 0.6) is 0 Å². The standard InChI is InChI=1S/C17H26N2OS/c1-3-19-17-16(14-5-4-6-15(14)21-17)12(2)20-11-13-7-9-18-10-8-13/h3,12-13,16,18H,1,4-11H2,2H3. The van der Waals surface area contributed by atoms with E-state index in [1.165, 1.54) is 37.1 Å². The number of aliphatic imine (C=N–C) groups is 1. The van der Waals surface area contributed by atoms with Crippen LogP contribution in [-0.2, 0) is 4.74 Å². The van der Waals surface area contributed by atoms with Crippen molar-refractivity contribution in [3.63, 3.8) is 0 Å². The summed E-state index contributed by atoms with van der Waals surface area (Å²) >= 11 is 1.87. The van der Waals surface area contributed by atoms with E-state index in [9.17, 15) is 0 Å². The summed E-state index contributed by atoms with van der Waals surface area (Å²) in [4.78, 5) is 6.07. The maximum Gasteiger partial charge on any atom is 0.0873 e. The van der Waals surface area contributed by atoms with E-state index >= 15 is 0 Å². The van der Waals surface area contributed by atoms with Crippen LogP contribution in [-0.4, -0.2) is 30.8 Å². The first-order valence-corrected chi connectivity index (χ1v) is 9.02. The molecule has 1 fully saturated rings. The first kappa shape index (κ1) is 15.3. The lowest BCUT2D eigenvalue weighted by Crippen LogP contribution is -2.33. The number of hydrogen-bond donors (Lipinski definition) is 1. The topological polar surface area (TPSA) is 33.6 Å². The predicted octanol–water partition coefficient (Wildman–Crippen LogP) is 3.73. The Labute approximate surface area is 132 Å². The van der Waals surface area contributed by atoms with Crippen LogP contribution in [0.25, 0.3) is 0 Å². The Morgan fingerprint density at radius 1 is 1.43 bits per heavy atom. The van der Waals surface area contributed by atoms with Crippen molar-refractivity contribution in [3.8, 4) is 0 Å². The highest BCUT2D eigenvalue weighted by molar-refractivity contribution is 8.17. The molecule has 4 heteroatoms. The number of nitrogens with one attached hydrogen (secondary N) is 1. The van der Waals surface area contributed by atoms with Crippen LogP contribution in [0.2, 0.25) is 0 Å². The van der Waals surface area contributed by atoms with Crippen LogP contribution in [0.1, 0.15) is 39.0 Å². The fraction of sp³-hybridized carbons (Fsp3) is 0.706. The lowest BCUT2D eigenvalue weighted by atomic mass is 9.94. The summed E-state index contributed by atoms with van der Waals surface area (Å²) in [5, 5.41) is 4.62. The third-order valence-corrected chi connectivity index (χ3v) is 6.10. The second kappa shape index (κ2) is 7.12. The van der Waals surface area contributed by atoms with Gasteiger partial charge in [-0.1, -0.05) is 18.3 Å². The van der Waals surface area contributed by atoms with Gasteiger partial charge < -0.3 is 10.1 Å². The van der Waals surface area contributed by atoms with Crippen molar-refractivity contribution < 1.29 is 4.74 Å². The van der Waals surface area contributed by atoms with Gasteiger partial charge in [-0.2, -0.15) is 0 Å². The Balaban J connectivity index is 1.62. The van der Waals surface area contributed by atoms with E-state index in [-0.39, 0.29) is 6.10 Å². The van der Waals surface area contributed by atoms with Crippen molar-refractivity contribution in [1.82, 2.24) is 5.32 Å². The van der Waals surface area contributed by atoms with Crippen LogP contribution in [0.15, 0.2) is 28.2 Å². The van der Waals surface area contributed by atoms with Crippen molar-refractivity contribution in [1.29, 1.82) is 0 Å². The lowest BCUT2D eigenvalue weighted by Gasteiger charge is -2.27. The van der Waals surface area contributed by atoms with E-state index in [2.05, 4.69) is 23.8 Å². The van der Waals surface area contributed by atoms with Gasteiger partial charge in [-0.15, -0.1) is 0 Å². The molecule has 0 bridgehead atoms. The molecule has 3 nitrogen and oxygen atoms in total. The Kier molecular flexibility index (Phi) is 5.19. The van der Waals surface area contributed by atoms with Crippen LogP contribution in [0.3, 0.4) is 0 Å². The minimum atomic E-state index is 0.233. The largest absolute Gasteiger partial charge is 0.377 e. The highest BCUT2D eigenvalue weighted by atomic mass is 32.2. The zero-order valence-corrected chi connectivity index (χ0v) is 13.8. The summed E-state index contributed by atoms with van der Waals surface area (Å²) in [5.74, 6) is 1.10. The van der Waals surface area contributed by atoms with Crippen LogP contribution in [0, 0.1) is 11.8 Å². The molecule has 2 aliphatic heterocycles. The van der Waals surface area contributed by atoms with E-state index in [1.807, 2.05) is 11.8 Å². The average molecular weight is 306 g/mol. The molecule has 2 unspecified atom stereocenters. The second-order valence-corrected chi connectivity index (χ2v) is 7.38. The molecule has 21 heavy (non-hydrogen) atoms. The molecule has 1 saturated heterocycles. The maximum atomic E-state index is 6.26. The fourth-order valence-electron chi connectivity index (χ4n) is 3.64. The summed E-state index contributed by atoms with van der Waals surface area (Å²) in [6.45, 7) is 9.16. The Morgan fingerprint density at radius 2 is 2.24 bits per heavy atom. The lowest BCUT2D eigenvalue weighted by molar-refractivity contribution is 0.0214. The molecule has 0 amide bonds. The molecule has 3 aliphatic rings. The van der Waals surface area contributed by atoms with Gasteiger partial charge in [-0.25, -0.2) is 0 Å². The van der Waals surface area contributed by atoms with E-state index < -0.39 is 0 Å². The van der Waals surface area contributed by atoms with Crippen molar-refractivity contribution in [2.45, 2.75) is 45.1 Å². The van der Waals surface area contributed by atoms with Crippen LogP contribution in [0.4, 0.5) is 0 Å². The molecule has 2 heterocycles. The number of nitrogens with zero attached hydrogens (tertiary/aromatic N) is 1. The molecule has 2 atom stereocenters. The van der Waals surface area contributed by atoms with Gasteiger partial charge in [-0.3, -0.25) is 4.99 Å². The molecule has 3 rings (SSSR count). The summed E-state index contributed by atoms with van der Waals surface area (Å²) < 4.78 is 6.26. The second-order valence-electron chi connectivity index (χ2n) is 6.26. The monoisotopic (exact) mass is 306 g/mol. The minimum absolute atomic E-state index is 0.233. The van der Waals surface area contributed by atoms with E-state index in [0.717, 1.165) is 25.6 Å². The Hall–Kier alpha value is -0.580. The van der Waals surface area contributed by atoms with E-state index in [4.69, 9.17) is 4.74 Å². The number of hydrogen-bond acceptors (Lipinski definition) is 4. The molecule has 0 saturated carbocycles. The normalized spacial score (nSPS) is 30.0. The van der Waals surface area contributed by atoms with E-state index in [0.29, 0.717) is 5.92 Å². The molecule has 0 spiro atoms. The molecular formula is C17H26N2OS. The molecular weight excluding hydrogens is 280 g/mol. The molecule has 116 valence electrons. The Morgan fingerprint density at radius 3 is 3.00 bits per heavy atom. The number of ether oxygens (including phenoxy) is 1. The van der Waals surface area contributed by atoms with Gasteiger partial charge in [0.25, 0.3) is 0 Å². The van der Waals surface area contributed by atoms with Gasteiger partial charge >= 0.3 is 0 Å². The van der Waals surface area contributed by atoms with Gasteiger partial charge in [0.2, 0.25) is 0 Å². The van der Waals surface area contributed by atoms with Crippen molar-refractivity contribution in [2.24, 2.45) is 16.8 Å². The van der Waals surface area contributed by atoms with Gasteiger partial charge in [0.05, 0.1) is 17.1 Å². The highest BCUT2D eigenvalue weighted by Crippen LogP contribution is 2.49. The molecule has 1 aliphatic carbocycles. The summed E-state index contributed by atoms with van der Waals surface area (Å²) in [6, 6.07) is 0. The predicted molar refractivity (Wildman–Crippen MR) is 90.6 cm³/mol. The molecule has 0 aromatic carbocycles. The van der Waals surface area contributed by atoms with Crippen LogP contribution < -0.4 is 5.32 Å². The SMILES string of the molecule is C=CN=C1SC2=C(CCC2)C1C(C)OCC1CCNCC1. The van der Waals surface area contributed by atoms with Gasteiger partial charge in [0.15, 0.2) is 0 Å². The summed E-state index contributed by atoms with van der Waals surface area (Å²) in [7, 11) is 0. The third kappa shape index (κ3) is 3.43. The summed E-state index contributed by atoms with van der Waals surface area (Å²) in [5.41, 5.74) is 1.60. The first-order valence-electron chi connectivity index (χ1n) is 8.20. The third-order valence-electron chi connectivity index (χ3n) is 4.82. The maximum absolute atomic E-state index is 6.26. The average Bonchev–Trinajstić information content (AvgIpc) is 3.07. The first-order chi connectivity index (χ1) is 10.3. The molecule has 1 N–H and O–H groups in total. The Bertz CT molecular complexity index is 452. The molecule has 0 aromatic heterocycles. The number of rotatable bonds is 5. The van der Waals surface area contributed by atoms with Gasteiger partial charge in [0.1, 0.15) is 0 Å². The van der Waals surface area contributed by atoms with Crippen LogP contribution >= 0.6 is 11.8 Å². The van der Waals surface area contributed by atoms with Crippen molar-refractivity contribution in [2.75, 3.05) is 19.7 Å². The highest BCUT2D eigenvalue weighted by Gasteiger charge is 2.38. The smallest absolute Gasteiger partial charge is 0.0873 e. The minimum Gasteiger partial charge on any atom is -0.377 e. The number of allylic oxidation sites excluding steroid dienone is 1. The van der Waals surface area contributed by atoms with E-state index in [1.54, 1.807) is 16.7 Å². The quantitative estimate of drug-likeness (QED) is 0.840. The van der Waals surface area contributed by atoms with Crippen molar-refractivity contribution >= 4 is 16.8 Å². The number of thioether (sulfide) groups is 1. The summed E-state index contributed by atoms with van der Waals surface area (Å²) in [6.07, 6.45) is 8.16. The molecule has 0 aromatic rings.